The molecule has 1 heterocycles. The molecule has 0 bridgehead atoms. The smallest absolute Gasteiger partial charge is 0.132 e. The van der Waals surface area contributed by atoms with Gasteiger partial charge in [-0.25, -0.2) is 4.98 Å². The van der Waals surface area contributed by atoms with Crippen LogP contribution in [0.4, 0.5) is 11.5 Å². The first-order chi connectivity index (χ1) is 9.11. The van der Waals surface area contributed by atoms with E-state index in [0.717, 1.165) is 17.1 Å². The zero-order valence-electron chi connectivity index (χ0n) is 11.0. The fourth-order valence-electron chi connectivity index (χ4n) is 1.79. The number of aromatic nitrogens is 1. The number of nitrogens with zero attached hydrogens (tertiary/aromatic N) is 3. The Morgan fingerprint density at radius 1 is 1.26 bits per heavy atom. The summed E-state index contributed by atoms with van der Waals surface area (Å²) in [5.74, 6) is 0.833. The maximum Gasteiger partial charge on any atom is 0.132 e. The number of pyridine rings is 1. The summed E-state index contributed by atoms with van der Waals surface area (Å²) < 4.78 is 0. The van der Waals surface area contributed by atoms with Crippen molar-refractivity contribution in [3.8, 4) is 6.07 Å². The van der Waals surface area contributed by atoms with Crippen LogP contribution in [0, 0.1) is 11.3 Å². The number of nitriles is 1. The van der Waals surface area contributed by atoms with Crippen LogP contribution in [0.2, 0.25) is 0 Å². The average Bonchev–Trinajstić information content (AvgIpc) is 2.46. The third-order valence-corrected chi connectivity index (χ3v) is 3.02. The minimum Gasteiger partial charge on any atom is -0.329 e. The second-order valence-electron chi connectivity index (χ2n) is 4.45. The molecule has 2 rings (SSSR count). The largest absolute Gasteiger partial charge is 0.329 e. The lowest BCUT2D eigenvalue weighted by Gasteiger charge is -2.19. The van der Waals surface area contributed by atoms with Crippen molar-refractivity contribution < 1.29 is 0 Å². The molecule has 0 spiro atoms. The Kier molecular flexibility index (Phi) is 3.79. The summed E-state index contributed by atoms with van der Waals surface area (Å²) in [5, 5.41) is 8.79. The topological polar surface area (TPSA) is 65.9 Å². The van der Waals surface area contributed by atoms with Gasteiger partial charge in [-0.1, -0.05) is 0 Å². The van der Waals surface area contributed by atoms with Crippen LogP contribution in [0.1, 0.15) is 24.1 Å². The van der Waals surface area contributed by atoms with E-state index in [4.69, 9.17) is 11.0 Å². The van der Waals surface area contributed by atoms with E-state index in [-0.39, 0.29) is 6.04 Å². The monoisotopic (exact) mass is 252 g/mol. The Labute approximate surface area is 113 Å². The molecule has 1 atom stereocenters. The molecule has 96 valence electrons. The van der Waals surface area contributed by atoms with E-state index < -0.39 is 0 Å². The van der Waals surface area contributed by atoms with Crippen molar-refractivity contribution in [1.82, 2.24) is 4.98 Å². The van der Waals surface area contributed by atoms with E-state index in [1.165, 1.54) is 0 Å². The van der Waals surface area contributed by atoms with Crippen LogP contribution in [0.3, 0.4) is 0 Å². The summed E-state index contributed by atoms with van der Waals surface area (Å²) in [4.78, 5) is 6.31. The van der Waals surface area contributed by atoms with E-state index >= 15 is 0 Å². The predicted molar refractivity (Wildman–Crippen MR) is 76.1 cm³/mol. The number of anilines is 2. The Bertz CT molecular complexity index is 596. The van der Waals surface area contributed by atoms with E-state index in [0.29, 0.717) is 5.56 Å². The molecule has 0 aliphatic heterocycles. The Balaban J connectivity index is 2.30. The molecular formula is C15H16N4. The molecule has 19 heavy (non-hydrogen) atoms. The van der Waals surface area contributed by atoms with Crippen molar-refractivity contribution in [1.29, 1.82) is 5.26 Å². The van der Waals surface area contributed by atoms with Crippen LogP contribution in [0.15, 0.2) is 42.6 Å². The second kappa shape index (κ2) is 5.51. The summed E-state index contributed by atoms with van der Waals surface area (Å²) in [6.07, 6.45) is 1.76. The third-order valence-electron chi connectivity index (χ3n) is 3.02. The molecular weight excluding hydrogens is 236 g/mol. The van der Waals surface area contributed by atoms with Crippen molar-refractivity contribution in [2.75, 3.05) is 11.9 Å². The molecule has 2 N–H and O–H groups in total. The van der Waals surface area contributed by atoms with E-state index in [1.807, 2.05) is 43.1 Å². The summed E-state index contributed by atoms with van der Waals surface area (Å²) in [6, 6.07) is 13.4. The van der Waals surface area contributed by atoms with Gasteiger partial charge in [-0.3, -0.25) is 0 Å². The highest BCUT2D eigenvalue weighted by molar-refractivity contribution is 5.60. The van der Waals surface area contributed by atoms with Gasteiger partial charge in [-0.05, 0) is 48.9 Å². The summed E-state index contributed by atoms with van der Waals surface area (Å²) in [6.45, 7) is 1.95. The Morgan fingerprint density at radius 3 is 2.53 bits per heavy atom. The van der Waals surface area contributed by atoms with Crippen molar-refractivity contribution in [3.05, 3.63) is 53.7 Å². The maximum absolute atomic E-state index is 8.79. The molecule has 0 saturated carbocycles. The van der Waals surface area contributed by atoms with Gasteiger partial charge in [0.1, 0.15) is 5.82 Å². The normalized spacial score (nSPS) is 11.7. The van der Waals surface area contributed by atoms with Crippen molar-refractivity contribution in [2.24, 2.45) is 5.73 Å². The number of hydrogen-bond acceptors (Lipinski definition) is 4. The van der Waals surface area contributed by atoms with E-state index in [2.05, 4.69) is 11.1 Å². The van der Waals surface area contributed by atoms with Gasteiger partial charge >= 0.3 is 0 Å². The van der Waals surface area contributed by atoms with Gasteiger partial charge in [-0.15, -0.1) is 0 Å². The molecule has 1 aromatic carbocycles. The van der Waals surface area contributed by atoms with Crippen molar-refractivity contribution >= 4 is 11.5 Å². The molecule has 0 fully saturated rings. The fraction of sp³-hybridized carbons (Fsp3) is 0.200. The van der Waals surface area contributed by atoms with Gasteiger partial charge in [0.25, 0.3) is 0 Å². The summed E-state index contributed by atoms with van der Waals surface area (Å²) in [5.41, 5.74) is 8.55. The predicted octanol–water partition coefficient (Wildman–Crippen LogP) is 2.74. The molecule has 0 aliphatic rings. The lowest BCUT2D eigenvalue weighted by atomic mass is 10.1. The quantitative estimate of drug-likeness (QED) is 0.912. The van der Waals surface area contributed by atoms with Crippen LogP contribution < -0.4 is 10.6 Å². The second-order valence-corrected chi connectivity index (χ2v) is 4.45. The van der Waals surface area contributed by atoms with Crippen LogP contribution >= 0.6 is 0 Å². The minimum absolute atomic E-state index is 0.0175. The number of rotatable bonds is 3. The van der Waals surface area contributed by atoms with E-state index in [1.54, 1.807) is 18.3 Å². The van der Waals surface area contributed by atoms with Gasteiger partial charge in [0, 0.05) is 25.0 Å². The van der Waals surface area contributed by atoms with Gasteiger partial charge in [-0.2, -0.15) is 5.26 Å². The highest BCUT2D eigenvalue weighted by atomic mass is 15.2. The first kappa shape index (κ1) is 13.1. The fourth-order valence-corrected chi connectivity index (χ4v) is 1.79. The van der Waals surface area contributed by atoms with Crippen LogP contribution in [0.25, 0.3) is 0 Å². The molecule has 4 heteroatoms. The SMILES string of the molecule is C[C@H](N)c1ccnc(N(C)c2ccc(C#N)cc2)c1. The van der Waals surface area contributed by atoms with Crippen molar-refractivity contribution in [3.63, 3.8) is 0 Å². The number of nitrogens with two attached hydrogens (primary N) is 1. The molecule has 0 aliphatic carbocycles. The zero-order valence-corrected chi connectivity index (χ0v) is 11.0. The lowest BCUT2D eigenvalue weighted by Crippen LogP contribution is -2.13. The maximum atomic E-state index is 8.79. The Morgan fingerprint density at radius 2 is 1.95 bits per heavy atom. The highest BCUT2D eigenvalue weighted by Gasteiger charge is 2.07. The Hall–Kier alpha value is -2.38. The first-order valence-electron chi connectivity index (χ1n) is 6.07. The molecule has 4 nitrogen and oxygen atoms in total. The molecule has 0 radical (unpaired) electrons. The van der Waals surface area contributed by atoms with E-state index in [9.17, 15) is 0 Å². The third kappa shape index (κ3) is 2.90. The lowest BCUT2D eigenvalue weighted by molar-refractivity contribution is 0.814. The number of benzene rings is 1. The summed E-state index contributed by atoms with van der Waals surface area (Å²) in [7, 11) is 1.94. The van der Waals surface area contributed by atoms with Gasteiger partial charge in [0.2, 0.25) is 0 Å². The average molecular weight is 252 g/mol. The first-order valence-corrected chi connectivity index (χ1v) is 6.07. The zero-order chi connectivity index (χ0) is 13.8. The van der Waals surface area contributed by atoms with Crippen LogP contribution in [0.5, 0.6) is 0 Å². The van der Waals surface area contributed by atoms with Crippen LogP contribution in [-0.4, -0.2) is 12.0 Å². The summed E-state index contributed by atoms with van der Waals surface area (Å²) >= 11 is 0. The van der Waals surface area contributed by atoms with Crippen molar-refractivity contribution in [2.45, 2.75) is 13.0 Å². The van der Waals surface area contributed by atoms with Gasteiger partial charge in [0.15, 0.2) is 0 Å². The van der Waals surface area contributed by atoms with Gasteiger partial charge in [0.05, 0.1) is 11.6 Å². The molecule has 1 aromatic heterocycles. The van der Waals surface area contributed by atoms with Crippen LogP contribution in [-0.2, 0) is 0 Å². The minimum atomic E-state index is -0.0175. The van der Waals surface area contributed by atoms with Gasteiger partial charge < -0.3 is 10.6 Å². The highest BCUT2D eigenvalue weighted by Crippen LogP contribution is 2.23. The number of hydrogen-bond donors (Lipinski definition) is 1. The molecule has 0 unspecified atom stereocenters. The molecule has 0 amide bonds. The standard InChI is InChI=1S/C15H16N4/c1-11(17)13-7-8-18-15(9-13)19(2)14-5-3-12(10-16)4-6-14/h3-9,11H,17H2,1-2H3/t11-/m0/s1. The molecule has 2 aromatic rings. The molecule has 0 saturated heterocycles.